The Hall–Kier alpha value is -2.56. The average molecular weight is 259 g/mol. The molecule has 0 spiro atoms. The lowest BCUT2D eigenvalue weighted by atomic mass is 10.2. The van der Waals surface area contributed by atoms with Gasteiger partial charge in [0.25, 0.3) is 5.91 Å². The van der Waals surface area contributed by atoms with Gasteiger partial charge in [0, 0.05) is 12.7 Å². The lowest BCUT2D eigenvalue weighted by molar-refractivity contribution is 0.0660. The summed E-state index contributed by atoms with van der Waals surface area (Å²) in [5.74, 6) is -1.84. The fourth-order valence-electron chi connectivity index (χ4n) is 1.62. The van der Waals surface area contributed by atoms with Crippen LogP contribution in [0.25, 0.3) is 0 Å². The molecule has 5 heteroatoms. The summed E-state index contributed by atoms with van der Waals surface area (Å²) in [6, 6.07) is 10.0. The number of carboxylic acids is 1. The number of carbonyl (C=O) groups excluding carboxylic acids is 1. The number of benzene rings is 1. The van der Waals surface area contributed by atoms with Crippen LogP contribution in [-0.4, -0.2) is 24.0 Å². The molecule has 1 aromatic heterocycles. The molecule has 5 nitrogen and oxygen atoms in total. The topological polar surface area (TPSA) is 70.8 Å². The van der Waals surface area contributed by atoms with E-state index in [-0.39, 0.29) is 11.5 Å². The Morgan fingerprint density at radius 2 is 1.63 bits per heavy atom. The third-order valence-corrected chi connectivity index (χ3v) is 2.75. The molecule has 19 heavy (non-hydrogen) atoms. The minimum absolute atomic E-state index is 0.000440. The van der Waals surface area contributed by atoms with E-state index < -0.39 is 11.9 Å². The molecule has 0 atom stereocenters. The van der Waals surface area contributed by atoms with Crippen LogP contribution < -0.4 is 4.90 Å². The molecule has 1 amide bonds. The molecule has 2 rings (SSSR count). The summed E-state index contributed by atoms with van der Waals surface area (Å²) in [4.78, 5) is 24.2. The van der Waals surface area contributed by atoms with E-state index >= 15 is 0 Å². The van der Waals surface area contributed by atoms with Crippen LogP contribution in [-0.2, 0) is 0 Å². The lowest BCUT2D eigenvalue weighted by Gasteiger charge is -2.15. The molecule has 0 saturated heterocycles. The highest BCUT2D eigenvalue weighted by Crippen LogP contribution is 2.17. The van der Waals surface area contributed by atoms with E-state index in [2.05, 4.69) is 0 Å². The van der Waals surface area contributed by atoms with Gasteiger partial charge in [-0.3, -0.25) is 4.79 Å². The number of hydrogen-bond donors (Lipinski definition) is 1. The van der Waals surface area contributed by atoms with Gasteiger partial charge in [0.15, 0.2) is 5.76 Å². The SMILES string of the molecule is Cc1ccc(N(C)C(=O)c2ccc(C(=O)O)o2)cc1. The molecule has 98 valence electrons. The highest BCUT2D eigenvalue weighted by molar-refractivity contribution is 6.04. The second kappa shape index (κ2) is 4.97. The van der Waals surface area contributed by atoms with Crippen LogP contribution in [0.1, 0.15) is 26.7 Å². The minimum atomic E-state index is -1.20. The number of carbonyl (C=O) groups is 2. The van der Waals surface area contributed by atoms with Crippen LogP contribution in [0.5, 0.6) is 0 Å². The van der Waals surface area contributed by atoms with E-state index in [0.29, 0.717) is 5.69 Å². The number of nitrogens with zero attached hydrogens (tertiary/aromatic N) is 1. The van der Waals surface area contributed by atoms with Crippen molar-refractivity contribution in [1.82, 2.24) is 0 Å². The first-order chi connectivity index (χ1) is 8.99. The largest absolute Gasteiger partial charge is 0.475 e. The van der Waals surface area contributed by atoms with Gasteiger partial charge in [-0.25, -0.2) is 4.79 Å². The summed E-state index contributed by atoms with van der Waals surface area (Å²) < 4.78 is 4.98. The first-order valence-corrected chi connectivity index (χ1v) is 5.67. The van der Waals surface area contributed by atoms with Gasteiger partial charge in [-0.1, -0.05) is 17.7 Å². The second-order valence-corrected chi connectivity index (χ2v) is 4.17. The van der Waals surface area contributed by atoms with Crippen LogP contribution in [0, 0.1) is 6.92 Å². The third kappa shape index (κ3) is 2.65. The summed E-state index contributed by atoms with van der Waals surface area (Å²) in [6.07, 6.45) is 0. The van der Waals surface area contributed by atoms with Crippen LogP contribution >= 0.6 is 0 Å². The van der Waals surface area contributed by atoms with E-state index in [1.165, 1.54) is 17.0 Å². The van der Waals surface area contributed by atoms with Gasteiger partial charge in [0.05, 0.1) is 0 Å². The number of furan rings is 1. The quantitative estimate of drug-likeness (QED) is 0.919. The monoisotopic (exact) mass is 259 g/mol. The van der Waals surface area contributed by atoms with Crippen LogP contribution in [0.15, 0.2) is 40.8 Å². The van der Waals surface area contributed by atoms with Crippen molar-refractivity contribution in [3.63, 3.8) is 0 Å². The Bertz CT molecular complexity index is 613. The molecule has 2 aromatic rings. The van der Waals surface area contributed by atoms with Gasteiger partial charge >= 0.3 is 5.97 Å². The van der Waals surface area contributed by atoms with Crippen molar-refractivity contribution in [1.29, 1.82) is 0 Å². The van der Waals surface area contributed by atoms with Gasteiger partial charge in [-0.2, -0.15) is 0 Å². The van der Waals surface area contributed by atoms with Gasteiger partial charge in [-0.15, -0.1) is 0 Å². The standard InChI is InChI=1S/C14H13NO4/c1-9-3-5-10(6-4-9)15(2)13(16)11-7-8-12(19-11)14(17)18/h3-8H,1-2H3,(H,17,18). The molecule has 0 fully saturated rings. The van der Waals surface area contributed by atoms with E-state index in [9.17, 15) is 9.59 Å². The Kier molecular flexibility index (Phi) is 3.37. The van der Waals surface area contributed by atoms with Gasteiger partial charge < -0.3 is 14.4 Å². The normalized spacial score (nSPS) is 10.2. The van der Waals surface area contributed by atoms with Crippen molar-refractivity contribution >= 4 is 17.6 Å². The maximum absolute atomic E-state index is 12.1. The first kappa shape index (κ1) is 12.9. The molecule has 1 aromatic carbocycles. The fourth-order valence-corrected chi connectivity index (χ4v) is 1.62. The van der Waals surface area contributed by atoms with Gasteiger partial charge in [0.2, 0.25) is 5.76 Å². The highest BCUT2D eigenvalue weighted by Gasteiger charge is 2.19. The number of aryl methyl sites for hydroxylation is 1. The van der Waals surface area contributed by atoms with Crippen LogP contribution in [0.3, 0.4) is 0 Å². The highest BCUT2D eigenvalue weighted by atomic mass is 16.4. The molecule has 0 aliphatic carbocycles. The maximum atomic E-state index is 12.1. The average Bonchev–Trinajstić information content (AvgIpc) is 2.87. The maximum Gasteiger partial charge on any atom is 0.371 e. The number of hydrogen-bond acceptors (Lipinski definition) is 3. The number of anilines is 1. The molecular formula is C14H13NO4. The number of aromatic carboxylic acids is 1. The van der Waals surface area contributed by atoms with Gasteiger partial charge in [0.1, 0.15) is 0 Å². The van der Waals surface area contributed by atoms with Crippen molar-refractivity contribution in [3.8, 4) is 0 Å². The summed E-state index contributed by atoms with van der Waals surface area (Å²) in [5, 5.41) is 8.75. The summed E-state index contributed by atoms with van der Waals surface area (Å²) in [6.45, 7) is 1.96. The molecule has 1 heterocycles. The Balaban J connectivity index is 2.22. The number of amides is 1. The predicted octanol–water partition coefficient (Wildman–Crippen LogP) is 2.56. The molecule has 0 bridgehead atoms. The van der Waals surface area contributed by atoms with Crippen molar-refractivity contribution in [2.75, 3.05) is 11.9 Å². The lowest BCUT2D eigenvalue weighted by Crippen LogP contribution is -2.25. The second-order valence-electron chi connectivity index (χ2n) is 4.17. The van der Waals surface area contributed by atoms with E-state index in [4.69, 9.17) is 9.52 Å². The predicted molar refractivity (Wildman–Crippen MR) is 69.6 cm³/mol. The zero-order valence-corrected chi connectivity index (χ0v) is 10.6. The zero-order valence-electron chi connectivity index (χ0n) is 10.6. The van der Waals surface area contributed by atoms with Crippen LogP contribution in [0.4, 0.5) is 5.69 Å². The number of rotatable bonds is 3. The van der Waals surface area contributed by atoms with Crippen molar-refractivity contribution in [2.24, 2.45) is 0 Å². The Labute approximate surface area is 110 Å². The zero-order chi connectivity index (χ0) is 14.0. The van der Waals surface area contributed by atoms with Crippen molar-refractivity contribution < 1.29 is 19.1 Å². The molecule has 1 N–H and O–H groups in total. The summed E-state index contributed by atoms with van der Waals surface area (Å²) in [7, 11) is 1.61. The first-order valence-electron chi connectivity index (χ1n) is 5.67. The summed E-state index contributed by atoms with van der Waals surface area (Å²) in [5.41, 5.74) is 1.81. The smallest absolute Gasteiger partial charge is 0.371 e. The number of carboxylic acid groups (broad SMARTS) is 1. The Morgan fingerprint density at radius 3 is 2.16 bits per heavy atom. The van der Waals surface area contributed by atoms with Crippen molar-refractivity contribution in [3.05, 3.63) is 53.5 Å². The van der Waals surface area contributed by atoms with E-state index in [0.717, 1.165) is 5.56 Å². The van der Waals surface area contributed by atoms with E-state index in [1.807, 2.05) is 31.2 Å². The third-order valence-electron chi connectivity index (χ3n) is 2.75. The minimum Gasteiger partial charge on any atom is -0.475 e. The molecule has 0 saturated carbocycles. The Morgan fingerprint density at radius 1 is 1.05 bits per heavy atom. The van der Waals surface area contributed by atoms with Crippen LogP contribution in [0.2, 0.25) is 0 Å². The van der Waals surface area contributed by atoms with Gasteiger partial charge in [-0.05, 0) is 31.2 Å². The summed E-state index contributed by atoms with van der Waals surface area (Å²) >= 11 is 0. The molecule has 0 aliphatic rings. The van der Waals surface area contributed by atoms with Crippen molar-refractivity contribution in [2.45, 2.75) is 6.92 Å². The molecular weight excluding hydrogens is 246 g/mol. The molecule has 0 unspecified atom stereocenters. The fraction of sp³-hybridized carbons (Fsp3) is 0.143. The molecule has 0 radical (unpaired) electrons. The van der Waals surface area contributed by atoms with E-state index in [1.54, 1.807) is 7.05 Å². The molecule has 0 aliphatic heterocycles.